The first-order valence-electron chi connectivity index (χ1n) is 8.86. The lowest BCUT2D eigenvalue weighted by molar-refractivity contribution is -0.121. The minimum absolute atomic E-state index is 0.00371. The molecule has 0 radical (unpaired) electrons. The van der Waals surface area contributed by atoms with Gasteiger partial charge in [-0.3, -0.25) is 4.79 Å². The molecule has 0 saturated heterocycles. The molecular formula is C20H25FN2O3S. The molecule has 0 aromatic heterocycles. The van der Waals surface area contributed by atoms with Crippen molar-refractivity contribution in [2.45, 2.75) is 44.7 Å². The van der Waals surface area contributed by atoms with E-state index >= 15 is 0 Å². The molecule has 2 aromatic carbocycles. The van der Waals surface area contributed by atoms with Crippen LogP contribution in [0.4, 0.5) is 4.39 Å². The molecule has 0 unspecified atom stereocenters. The maximum Gasteiger partial charge on any atom is 0.240 e. The van der Waals surface area contributed by atoms with E-state index in [4.69, 9.17) is 0 Å². The van der Waals surface area contributed by atoms with Crippen molar-refractivity contribution in [1.82, 2.24) is 10.0 Å². The highest BCUT2D eigenvalue weighted by atomic mass is 32.2. The molecule has 2 N–H and O–H groups in total. The van der Waals surface area contributed by atoms with E-state index in [0.717, 1.165) is 6.42 Å². The molecule has 5 nitrogen and oxygen atoms in total. The fraction of sp³-hybridized carbons (Fsp3) is 0.350. The smallest absolute Gasteiger partial charge is 0.240 e. The van der Waals surface area contributed by atoms with Crippen molar-refractivity contribution in [3.63, 3.8) is 0 Å². The van der Waals surface area contributed by atoms with Crippen LogP contribution in [0.3, 0.4) is 0 Å². The number of nitrogens with one attached hydrogen (secondary N) is 2. The van der Waals surface area contributed by atoms with E-state index < -0.39 is 15.8 Å². The normalized spacial score (nSPS) is 11.6. The first-order valence-corrected chi connectivity index (χ1v) is 10.3. The molecule has 2 aromatic rings. The van der Waals surface area contributed by atoms with Crippen LogP contribution in [0.2, 0.25) is 0 Å². The van der Waals surface area contributed by atoms with Gasteiger partial charge in [0, 0.05) is 19.5 Å². The summed E-state index contributed by atoms with van der Waals surface area (Å²) in [6.45, 7) is 4.37. The Hall–Kier alpha value is -2.25. The van der Waals surface area contributed by atoms with Crippen LogP contribution in [0, 0.1) is 11.7 Å². The average Bonchev–Trinajstić information content (AvgIpc) is 2.63. The Balaban J connectivity index is 1.97. The first kappa shape index (κ1) is 21.1. The molecule has 27 heavy (non-hydrogen) atoms. The third kappa shape index (κ3) is 7.11. The minimum Gasteiger partial charge on any atom is -0.352 e. The largest absolute Gasteiger partial charge is 0.352 e. The highest BCUT2D eigenvalue weighted by Gasteiger charge is 2.14. The molecule has 0 aliphatic heterocycles. The third-order valence-corrected chi connectivity index (χ3v) is 5.40. The third-order valence-electron chi connectivity index (χ3n) is 4.00. The van der Waals surface area contributed by atoms with E-state index in [2.05, 4.69) is 23.9 Å². The van der Waals surface area contributed by atoms with Gasteiger partial charge in [0.1, 0.15) is 5.82 Å². The SMILES string of the molecule is CC(C)CCC(=O)NCc1cccc(S(=O)(=O)NCc2cccc(F)c2)c1. The standard InChI is InChI=1S/C20H25FN2O3S/c1-15(2)9-10-20(24)22-13-17-6-4-8-19(12-17)27(25,26)23-14-16-5-3-7-18(21)11-16/h3-8,11-12,15,23H,9-10,13-14H2,1-2H3,(H,22,24). The van der Waals surface area contributed by atoms with Crippen LogP contribution in [0.15, 0.2) is 53.4 Å². The summed E-state index contributed by atoms with van der Waals surface area (Å²) in [6.07, 6.45) is 1.26. The zero-order valence-electron chi connectivity index (χ0n) is 15.5. The summed E-state index contributed by atoms with van der Waals surface area (Å²) < 4.78 is 40.6. The van der Waals surface area contributed by atoms with Crippen molar-refractivity contribution in [2.75, 3.05) is 0 Å². The molecule has 1 amide bonds. The number of benzene rings is 2. The number of hydrogen-bond acceptors (Lipinski definition) is 3. The number of carbonyl (C=O) groups is 1. The Morgan fingerprint density at radius 3 is 2.37 bits per heavy atom. The van der Waals surface area contributed by atoms with Crippen molar-refractivity contribution < 1.29 is 17.6 Å². The summed E-state index contributed by atoms with van der Waals surface area (Å²) in [5.74, 6) is -0.0172. The maximum absolute atomic E-state index is 13.2. The van der Waals surface area contributed by atoms with E-state index in [1.807, 2.05) is 0 Å². The number of carbonyl (C=O) groups excluding carboxylic acids is 1. The molecule has 0 bridgehead atoms. The second-order valence-corrected chi connectivity index (χ2v) is 8.58. The predicted molar refractivity (Wildman–Crippen MR) is 103 cm³/mol. The molecule has 0 heterocycles. The number of sulfonamides is 1. The minimum atomic E-state index is -3.74. The zero-order valence-corrected chi connectivity index (χ0v) is 16.4. The molecular weight excluding hydrogens is 367 g/mol. The maximum atomic E-state index is 13.2. The highest BCUT2D eigenvalue weighted by Crippen LogP contribution is 2.13. The van der Waals surface area contributed by atoms with Gasteiger partial charge in [0.05, 0.1) is 4.90 Å². The molecule has 0 fully saturated rings. The summed E-state index contributed by atoms with van der Waals surface area (Å²) in [7, 11) is -3.74. The highest BCUT2D eigenvalue weighted by molar-refractivity contribution is 7.89. The van der Waals surface area contributed by atoms with E-state index in [1.165, 1.54) is 30.3 Å². The number of amides is 1. The first-order chi connectivity index (χ1) is 12.8. The Morgan fingerprint density at radius 1 is 1.04 bits per heavy atom. The van der Waals surface area contributed by atoms with Gasteiger partial charge in [-0.05, 0) is 47.7 Å². The van der Waals surface area contributed by atoms with E-state index in [-0.39, 0.29) is 23.9 Å². The van der Waals surface area contributed by atoms with E-state index in [9.17, 15) is 17.6 Å². The Morgan fingerprint density at radius 2 is 1.70 bits per heavy atom. The second kappa shape index (κ2) is 9.62. The van der Waals surface area contributed by atoms with Crippen LogP contribution in [0.5, 0.6) is 0 Å². The molecule has 0 saturated carbocycles. The Bertz CT molecular complexity index is 882. The van der Waals surface area contributed by atoms with Crippen LogP contribution >= 0.6 is 0 Å². The predicted octanol–water partition coefficient (Wildman–Crippen LogP) is 3.36. The fourth-order valence-electron chi connectivity index (χ4n) is 2.44. The molecule has 146 valence electrons. The van der Waals surface area contributed by atoms with Gasteiger partial charge in [0.2, 0.25) is 15.9 Å². The van der Waals surface area contributed by atoms with E-state index in [0.29, 0.717) is 23.5 Å². The van der Waals surface area contributed by atoms with Gasteiger partial charge in [-0.2, -0.15) is 0 Å². The van der Waals surface area contributed by atoms with Crippen LogP contribution in [-0.4, -0.2) is 14.3 Å². The van der Waals surface area contributed by atoms with E-state index in [1.54, 1.807) is 18.2 Å². The van der Waals surface area contributed by atoms with Gasteiger partial charge in [0.25, 0.3) is 0 Å². The van der Waals surface area contributed by atoms with Crippen LogP contribution < -0.4 is 10.0 Å². The monoisotopic (exact) mass is 392 g/mol. The van der Waals surface area contributed by atoms with Crippen molar-refractivity contribution in [2.24, 2.45) is 5.92 Å². The average molecular weight is 392 g/mol. The van der Waals surface area contributed by atoms with Gasteiger partial charge in [0.15, 0.2) is 0 Å². The van der Waals surface area contributed by atoms with Gasteiger partial charge in [-0.25, -0.2) is 17.5 Å². The lowest BCUT2D eigenvalue weighted by Gasteiger charge is -2.10. The van der Waals surface area contributed by atoms with Crippen LogP contribution in [-0.2, 0) is 27.9 Å². The van der Waals surface area contributed by atoms with Gasteiger partial charge >= 0.3 is 0 Å². The molecule has 2 rings (SSSR count). The molecule has 7 heteroatoms. The molecule has 0 atom stereocenters. The van der Waals surface area contributed by atoms with Gasteiger partial charge in [-0.1, -0.05) is 38.1 Å². The van der Waals surface area contributed by atoms with Gasteiger partial charge in [-0.15, -0.1) is 0 Å². The number of halogens is 1. The fourth-order valence-corrected chi connectivity index (χ4v) is 3.53. The summed E-state index contributed by atoms with van der Waals surface area (Å²) in [5, 5.41) is 2.80. The summed E-state index contributed by atoms with van der Waals surface area (Å²) in [4.78, 5) is 11.9. The molecule has 0 aliphatic rings. The lowest BCUT2D eigenvalue weighted by Crippen LogP contribution is -2.24. The van der Waals surface area contributed by atoms with Crippen molar-refractivity contribution in [3.8, 4) is 0 Å². The summed E-state index contributed by atoms with van der Waals surface area (Å²) >= 11 is 0. The quantitative estimate of drug-likeness (QED) is 0.687. The topological polar surface area (TPSA) is 75.3 Å². The summed E-state index contributed by atoms with van der Waals surface area (Å²) in [5.41, 5.74) is 1.23. The Kier molecular flexibility index (Phi) is 7.50. The van der Waals surface area contributed by atoms with Crippen molar-refractivity contribution in [3.05, 3.63) is 65.5 Å². The van der Waals surface area contributed by atoms with Crippen molar-refractivity contribution >= 4 is 15.9 Å². The molecule has 0 aliphatic carbocycles. The molecule has 0 spiro atoms. The second-order valence-electron chi connectivity index (χ2n) is 6.81. The van der Waals surface area contributed by atoms with Crippen LogP contribution in [0.1, 0.15) is 37.8 Å². The van der Waals surface area contributed by atoms with Crippen LogP contribution in [0.25, 0.3) is 0 Å². The number of hydrogen-bond donors (Lipinski definition) is 2. The van der Waals surface area contributed by atoms with Crippen molar-refractivity contribution in [1.29, 1.82) is 0 Å². The zero-order chi connectivity index (χ0) is 19.9. The lowest BCUT2D eigenvalue weighted by atomic mass is 10.1. The van der Waals surface area contributed by atoms with Gasteiger partial charge < -0.3 is 5.32 Å². The number of rotatable bonds is 9. The Labute approximate surface area is 160 Å². The summed E-state index contributed by atoms with van der Waals surface area (Å²) in [6, 6.07) is 12.2.